The Bertz CT molecular complexity index is 1150. The van der Waals surface area contributed by atoms with E-state index < -0.39 is 23.2 Å². The Labute approximate surface area is 150 Å². The number of fused-ring (bicyclic) bond motifs is 1. The molecule has 3 aromatic rings. The van der Waals surface area contributed by atoms with E-state index in [4.69, 9.17) is 0 Å². The lowest BCUT2D eigenvalue weighted by atomic mass is 10.1. The number of H-pyrrole nitrogens is 1. The van der Waals surface area contributed by atoms with Gasteiger partial charge in [0, 0.05) is 26.0 Å². The van der Waals surface area contributed by atoms with Crippen LogP contribution in [0.3, 0.4) is 0 Å². The van der Waals surface area contributed by atoms with Crippen LogP contribution < -0.4 is 16.4 Å². The van der Waals surface area contributed by atoms with Gasteiger partial charge >= 0.3 is 23.2 Å². The van der Waals surface area contributed by atoms with Gasteiger partial charge in [-0.15, -0.1) is 0 Å². The lowest BCUT2D eigenvalue weighted by Crippen LogP contribution is -2.36. The monoisotopic (exact) mass is 380 g/mol. The van der Waals surface area contributed by atoms with Gasteiger partial charge < -0.3 is 19.4 Å². The first-order chi connectivity index (χ1) is 12.6. The van der Waals surface area contributed by atoms with Crippen molar-refractivity contribution in [2.45, 2.75) is 19.6 Å². The molecule has 0 fully saturated rings. The normalized spacial score (nSPS) is 11.7. The van der Waals surface area contributed by atoms with E-state index in [2.05, 4.69) is 4.98 Å². The predicted molar refractivity (Wildman–Crippen MR) is 91.8 cm³/mol. The van der Waals surface area contributed by atoms with Gasteiger partial charge in [0.15, 0.2) is 0 Å². The highest BCUT2D eigenvalue weighted by atomic mass is 19.4. The number of aryl methyl sites for hydroxylation is 2. The molecule has 0 radical (unpaired) electrons. The van der Waals surface area contributed by atoms with Gasteiger partial charge in [0.2, 0.25) is 0 Å². The number of aromatic amines is 1. The van der Waals surface area contributed by atoms with Crippen molar-refractivity contribution in [1.82, 2.24) is 19.4 Å². The molecular weight excluding hydrogens is 365 g/mol. The zero-order chi connectivity index (χ0) is 19.9. The minimum atomic E-state index is -4.93. The predicted octanol–water partition coefficient (Wildman–Crippen LogP) is 1.50. The van der Waals surface area contributed by atoms with Crippen LogP contribution in [0.1, 0.15) is 11.1 Å². The number of hydrogen-bond acceptors (Lipinski definition) is 3. The van der Waals surface area contributed by atoms with E-state index >= 15 is 0 Å². The van der Waals surface area contributed by atoms with Gasteiger partial charge in [-0.05, 0) is 36.2 Å². The summed E-state index contributed by atoms with van der Waals surface area (Å²) in [7, 11) is 1.48. The van der Waals surface area contributed by atoms with Crippen molar-refractivity contribution in [1.29, 1.82) is 0 Å². The van der Waals surface area contributed by atoms with Crippen molar-refractivity contribution >= 4 is 16.9 Å². The molecule has 0 saturated carbocycles. The third-order valence-corrected chi connectivity index (χ3v) is 4.17. The summed E-state index contributed by atoms with van der Waals surface area (Å²) in [4.78, 5) is 36.9. The van der Waals surface area contributed by atoms with Crippen LogP contribution in [0.15, 0.2) is 40.2 Å². The summed E-state index contributed by atoms with van der Waals surface area (Å²) in [6.07, 6.45) is -1.72. The molecule has 10 heteroatoms. The molecule has 0 aliphatic rings. The molecule has 0 atom stereocenters. The Hall–Kier alpha value is -3.30. The van der Waals surface area contributed by atoms with Gasteiger partial charge in [0.25, 0.3) is 0 Å². The van der Waals surface area contributed by atoms with E-state index in [1.165, 1.54) is 11.6 Å². The van der Waals surface area contributed by atoms with Crippen molar-refractivity contribution in [3.8, 4) is 5.69 Å². The summed E-state index contributed by atoms with van der Waals surface area (Å²) in [6, 6.07) is 4.98. The summed E-state index contributed by atoms with van der Waals surface area (Å²) in [5.41, 5.74) is 1.51. The first-order valence-corrected chi connectivity index (χ1v) is 7.84. The molecule has 0 aliphatic heterocycles. The molecule has 27 heavy (non-hydrogen) atoms. The first-order valence-electron chi connectivity index (χ1n) is 7.84. The molecule has 0 bridgehead atoms. The Morgan fingerprint density at radius 1 is 1.26 bits per heavy atom. The molecule has 7 nitrogen and oxygen atoms in total. The molecule has 1 amide bonds. The van der Waals surface area contributed by atoms with Crippen molar-refractivity contribution in [3.63, 3.8) is 0 Å². The number of carbonyl (C=O) groups is 1. The summed E-state index contributed by atoms with van der Waals surface area (Å²) in [5.74, 6) is -2.00. The Balaban J connectivity index is 1.95. The molecule has 0 saturated heterocycles. The number of hydrogen-bond donors (Lipinski definition) is 2. The number of benzene rings is 1. The topological polar surface area (TPSA) is 88.9 Å². The fourth-order valence-electron chi connectivity index (χ4n) is 2.76. The molecule has 1 aromatic carbocycles. The highest BCUT2D eigenvalue weighted by Crippen LogP contribution is 2.21. The van der Waals surface area contributed by atoms with E-state index in [9.17, 15) is 27.6 Å². The number of halogens is 3. The van der Waals surface area contributed by atoms with E-state index in [0.717, 1.165) is 5.56 Å². The maximum absolute atomic E-state index is 12.3. The van der Waals surface area contributed by atoms with Crippen LogP contribution in [-0.2, 0) is 18.4 Å². The number of alkyl halides is 3. The SMILES string of the molecule is Cc1cc2[nH]c(=O)c(=O)n(C)c2cc1-n1ccc(CNC(=O)C(F)(F)F)c1. The molecule has 3 rings (SSSR count). The summed E-state index contributed by atoms with van der Waals surface area (Å²) >= 11 is 0. The van der Waals surface area contributed by atoms with Crippen LogP contribution in [-0.4, -0.2) is 26.2 Å². The Morgan fingerprint density at radius 2 is 1.96 bits per heavy atom. The van der Waals surface area contributed by atoms with E-state index in [1.54, 1.807) is 42.1 Å². The lowest BCUT2D eigenvalue weighted by Gasteiger charge is -2.11. The maximum Gasteiger partial charge on any atom is 0.471 e. The molecule has 142 valence electrons. The van der Waals surface area contributed by atoms with Crippen LogP contribution in [0.2, 0.25) is 0 Å². The third-order valence-electron chi connectivity index (χ3n) is 4.17. The fraction of sp³-hybridized carbons (Fsp3) is 0.235. The average molecular weight is 380 g/mol. The van der Waals surface area contributed by atoms with Crippen molar-refractivity contribution < 1.29 is 18.0 Å². The van der Waals surface area contributed by atoms with Gasteiger partial charge in [-0.2, -0.15) is 13.2 Å². The molecule has 2 N–H and O–H groups in total. The molecule has 0 unspecified atom stereocenters. The van der Waals surface area contributed by atoms with Crippen LogP contribution in [0, 0.1) is 6.92 Å². The quantitative estimate of drug-likeness (QED) is 0.675. The third kappa shape index (κ3) is 3.50. The molecule has 0 aliphatic carbocycles. The maximum atomic E-state index is 12.3. The lowest BCUT2D eigenvalue weighted by molar-refractivity contribution is -0.173. The van der Waals surface area contributed by atoms with Crippen LogP contribution in [0.5, 0.6) is 0 Å². The molecule has 2 heterocycles. The van der Waals surface area contributed by atoms with Gasteiger partial charge in [-0.1, -0.05) is 0 Å². The Kier molecular flexibility index (Phi) is 4.42. The van der Waals surface area contributed by atoms with Crippen LogP contribution in [0.4, 0.5) is 13.2 Å². The number of nitrogens with one attached hydrogen (secondary N) is 2. The van der Waals surface area contributed by atoms with Crippen molar-refractivity contribution in [2.24, 2.45) is 7.05 Å². The van der Waals surface area contributed by atoms with E-state index in [0.29, 0.717) is 22.3 Å². The second-order valence-electron chi connectivity index (χ2n) is 6.08. The van der Waals surface area contributed by atoms with Crippen LogP contribution >= 0.6 is 0 Å². The Morgan fingerprint density at radius 3 is 2.63 bits per heavy atom. The van der Waals surface area contributed by atoms with Gasteiger partial charge in [0.05, 0.1) is 16.7 Å². The van der Waals surface area contributed by atoms with Crippen LogP contribution in [0.25, 0.3) is 16.7 Å². The zero-order valence-electron chi connectivity index (χ0n) is 14.3. The van der Waals surface area contributed by atoms with Crippen molar-refractivity contribution in [2.75, 3.05) is 0 Å². The van der Waals surface area contributed by atoms with Gasteiger partial charge in [-0.3, -0.25) is 14.4 Å². The number of rotatable bonds is 3. The smallest absolute Gasteiger partial charge is 0.344 e. The minimum absolute atomic E-state index is 0.274. The molecular formula is C17H15F3N4O3. The minimum Gasteiger partial charge on any atom is -0.344 e. The van der Waals surface area contributed by atoms with E-state index in [1.807, 2.05) is 5.32 Å². The number of carbonyl (C=O) groups excluding carboxylic acids is 1. The largest absolute Gasteiger partial charge is 0.471 e. The van der Waals surface area contributed by atoms with Crippen molar-refractivity contribution in [3.05, 3.63) is 62.4 Å². The zero-order valence-corrected chi connectivity index (χ0v) is 14.3. The van der Waals surface area contributed by atoms with E-state index in [-0.39, 0.29) is 6.54 Å². The standard InChI is InChI=1S/C17H15F3N4O3/c1-9-5-11-13(23(2)15(26)14(25)22-11)6-12(9)24-4-3-10(8-24)7-21-16(27)17(18,19)20/h3-6,8H,7H2,1-2H3,(H,21,27)(H,22,25). The highest BCUT2D eigenvalue weighted by molar-refractivity contribution is 5.81. The highest BCUT2D eigenvalue weighted by Gasteiger charge is 2.38. The fourth-order valence-corrected chi connectivity index (χ4v) is 2.76. The summed E-state index contributed by atoms with van der Waals surface area (Å²) < 4.78 is 39.6. The molecule has 0 spiro atoms. The summed E-state index contributed by atoms with van der Waals surface area (Å²) in [6.45, 7) is 1.52. The number of nitrogens with zero attached hydrogens (tertiary/aromatic N) is 2. The average Bonchev–Trinajstić information content (AvgIpc) is 3.05. The molecule has 2 aromatic heterocycles. The number of aromatic nitrogens is 3. The van der Waals surface area contributed by atoms with Gasteiger partial charge in [0.1, 0.15) is 0 Å². The second-order valence-corrected chi connectivity index (χ2v) is 6.08. The second kappa shape index (κ2) is 6.45. The number of amides is 1. The first kappa shape index (κ1) is 18.5. The summed E-state index contributed by atoms with van der Waals surface area (Å²) in [5, 5.41) is 1.81. The van der Waals surface area contributed by atoms with Gasteiger partial charge in [-0.25, -0.2) is 0 Å².